The van der Waals surface area contributed by atoms with Gasteiger partial charge in [0.25, 0.3) is 5.91 Å². The van der Waals surface area contributed by atoms with E-state index >= 15 is 0 Å². The smallest absolute Gasteiger partial charge is 0.338 e. The lowest BCUT2D eigenvalue weighted by molar-refractivity contribution is -0.137. The van der Waals surface area contributed by atoms with Gasteiger partial charge in [-0.25, -0.2) is 13.2 Å². The van der Waals surface area contributed by atoms with Gasteiger partial charge < -0.3 is 14.4 Å². The molecule has 0 aromatic heterocycles. The van der Waals surface area contributed by atoms with Gasteiger partial charge in [-0.3, -0.25) is 4.79 Å². The average Bonchev–Trinajstić information content (AvgIpc) is 3.06. The zero-order valence-corrected chi connectivity index (χ0v) is 20.0. The summed E-state index contributed by atoms with van der Waals surface area (Å²) in [5.41, 5.74) is 0.0763. The Kier molecular flexibility index (Phi) is 8.16. The van der Waals surface area contributed by atoms with Gasteiger partial charge in [-0.1, -0.05) is 26.7 Å². The van der Waals surface area contributed by atoms with Crippen LogP contribution in [0.5, 0.6) is 5.75 Å². The van der Waals surface area contributed by atoms with Crippen molar-refractivity contribution in [3.05, 3.63) is 23.8 Å². The monoisotopic (exact) mass is 466 g/mol. The van der Waals surface area contributed by atoms with Crippen LogP contribution in [0.25, 0.3) is 0 Å². The van der Waals surface area contributed by atoms with E-state index in [0.717, 1.165) is 32.1 Å². The van der Waals surface area contributed by atoms with Crippen molar-refractivity contribution < 1.29 is 27.5 Å². The summed E-state index contributed by atoms with van der Waals surface area (Å²) in [4.78, 5) is 26.8. The van der Waals surface area contributed by atoms with Crippen LogP contribution in [0.1, 0.15) is 56.3 Å². The predicted molar refractivity (Wildman–Crippen MR) is 120 cm³/mol. The number of carbonyl (C=O) groups is 2. The molecule has 2 heterocycles. The quantitative estimate of drug-likeness (QED) is 0.599. The number of benzene rings is 1. The van der Waals surface area contributed by atoms with Crippen molar-refractivity contribution in [3.8, 4) is 5.75 Å². The van der Waals surface area contributed by atoms with Crippen LogP contribution in [0.4, 0.5) is 0 Å². The molecule has 0 bridgehead atoms. The van der Waals surface area contributed by atoms with Gasteiger partial charge in [0.15, 0.2) is 6.61 Å². The minimum absolute atomic E-state index is 0.0543. The molecule has 2 saturated heterocycles. The van der Waals surface area contributed by atoms with Crippen LogP contribution in [0.3, 0.4) is 0 Å². The lowest BCUT2D eigenvalue weighted by Crippen LogP contribution is -2.44. The third kappa shape index (κ3) is 5.81. The Hall–Kier alpha value is -2.13. The number of rotatable bonds is 6. The Labute approximate surface area is 190 Å². The highest BCUT2D eigenvalue weighted by Gasteiger charge is 2.30. The highest BCUT2D eigenvalue weighted by molar-refractivity contribution is 7.89. The fourth-order valence-corrected chi connectivity index (χ4v) is 6.29. The second kappa shape index (κ2) is 10.7. The molecule has 0 radical (unpaired) electrons. The number of ether oxygens (including phenoxy) is 2. The van der Waals surface area contributed by atoms with Crippen LogP contribution in [0.15, 0.2) is 23.1 Å². The highest BCUT2D eigenvalue weighted by atomic mass is 32.2. The average molecular weight is 467 g/mol. The molecule has 2 unspecified atom stereocenters. The van der Waals surface area contributed by atoms with E-state index in [4.69, 9.17) is 9.47 Å². The van der Waals surface area contributed by atoms with Gasteiger partial charge in [-0.15, -0.1) is 0 Å². The topological polar surface area (TPSA) is 93.2 Å². The normalized spacial score (nSPS) is 22.8. The maximum Gasteiger partial charge on any atom is 0.338 e. The van der Waals surface area contributed by atoms with E-state index in [1.54, 1.807) is 4.90 Å². The SMILES string of the molecule is COc1ccc(C(=O)OCC(=O)N2CC(C)CC(C)C2)cc1S(=O)(=O)N1CCCCCC1. The molecule has 0 aliphatic carbocycles. The van der Waals surface area contributed by atoms with E-state index in [1.807, 2.05) is 0 Å². The zero-order chi connectivity index (χ0) is 23.3. The molecule has 0 spiro atoms. The van der Waals surface area contributed by atoms with Crippen LogP contribution in [-0.4, -0.2) is 69.4 Å². The molecule has 0 saturated carbocycles. The van der Waals surface area contributed by atoms with Crippen molar-refractivity contribution in [1.29, 1.82) is 0 Å². The molecule has 178 valence electrons. The minimum atomic E-state index is -3.82. The number of hydrogen-bond donors (Lipinski definition) is 0. The summed E-state index contributed by atoms with van der Waals surface area (Å²) >= 11 is 0. The first-order valence-electron chi connectivity index (χ1n) is 11.4. The number of carbonyl (C=O) groups excluding carboxylic acids is 2. The molecule has 2 fully saturated rings. The Balaban J connectivity index is 1.72. The van der Waals surface area contributed by atoms with E-state index < -0.39 is 16.0 Å². The molecule has 2 aliphatic heterocycles. The lowest BCUT2D eigenvalue weighted by atomic mass is 9.92. The van der Waals surface area contributed by atoms with E-state index in [0.29, 0.717) is 38.0 Å². The Morgan fingerprint density at radius 2 is 1.66 bits per heavy atom. The standard InChI is InChI=1S/C23H34N2O6S/c1-17-12-18(2)15-24(14-17)22(26)16-31-23(27)19-8-9-20(30-3)21(13-19)32(28,29)25-10-6-4-5-7-11-25/h8-9,13,17-18H,4-7,10-12,14-16H2,1-3H3. The van der Waals surface area contributed by atoms with Gasteiger partial charge in [-0.2, -0.15) is 4.31 Å². The van der Waals surface area contributed by atoms with Crippen LogP contribution >= 0.6 is 0 Å². The Bertz CT molecular complexity index is 914. The van der Waals surface area contributed by atoms with Gasteiger partial charge in [0.05, 0.1) is 12.7 Å². The van der Waals surface area contributed by atoms with E-state index in [-0.39, 0.29) is 28.7 Å². The highest BCUT2D eigenvalue weighted by Crippen LogP contribution is 2.29. The van der Waals surface area contributed by atoms with Crippen LogP contribution in [0, 0.1) is 11.8 Å². The van der Waals surface area contributed by atoms with E-state index in [1.165, 1.54) is 29.6 Å². The van der Waals surface area contributed by atoms with Gasteiger partial charge >= 0.3 is 5.97 Å². The number of hydrogen-bond acceptors (Lipinski definition) is 6. The number of sulfonamides is 1. The zero-order valence-electron chi connectivity index (χ0n) is 19.2. The van der Waals surface area contributed by atoms with Crippen molar-refractivity contribution in [2.24, 2.45) is 11.8 Å². The molecular formula is C23H34N2O6S. The molecule has 8 nitrogen and oxygen atoms in total. The number of piperidine rings is 1. The van der Waals surface area contributed by atoms with Gasteiger partial charge in [-0.05, 0) is 49.3 Å². The second-order valence-electron chi connectivity index (χ2n) is 9.00. The number of likely N-dealkylation sites (tertiary alicyclic amines) is 1. The van der Waals surface area contributed by atoms with Crippen molar-refractivity contribution in [3.63, 3.8) is 0 Å². The molecule has 1 aromatic rings. The first-order chi connectivity index (χ1) is 15.2. The molecular weight excluding hydrogens is 432 g/mol. The fourth-order valence-electron chi connectivity index (χ4n) is 4.59. The van der Waals surface area contributed by atoms with Crippen molar-refractivity contribution >= 4 is 21.9 Å². The molecule has 0 N–H and O–H groups in total. The van der Waals surface area contributed by atoms with Gasteiger partial charge in [0.2, 0.25) is 10.0 Å². The molecule has 1 aromatic carbocycles. The summed E-state index contributed by atoms with van der Waals surface area (Å²) in [6.07, 6.45) is 4.68. The summed E-state index contributed by atoms with van der Waals surface area (Å²) in [6, 6.07) is 4.20. The number of methoxy groups -OCH3 is 1. The minimum Gasteiger partial charge on any atom is -0.495 e. The summed E-state index contributed by atoms with van der Waals surface area (Å²) < 4.78 is 38.5. The van der Waals surface area contributed by atoms with Crippen molar-refractivity contribution in [2.45, 2.75) is 50.8 Å². The molecule has 9 heteroatoms. The van der Waals surface area contributed by atoms with Crippen LogP contribution in [-0.2, 0) is 19.6 Å². The van der Waals surface area contributed by atoms with Gasteiger partial charge in [0.1, 0.15) is 10.6 Å². The number of esters is 1. The van der Waals surface area contributed by atoms with Gasteiger partial charge in [0, 0.05) is 26.2 Å². The molecule has 2 aliphatic rings. The fraction of sp³-hybridized carbons (Fsp3) is 0.652. The third-order valence-corrected chi connectivity index (χ3v) is 8.05. The first kappa shape index (κ1) is 24.5. The number of amides is 1. The maximum atomic E-state index is 13.3. The van der Waals surface area contributed by atoms with Crippen LogP contribution < -0.4 is 4.74 Å². The molecule has 32 heavy (non-hydrogen) atoms. The number of nitrogens with zero attached hydrogens (tertiary/aromatic N) is 2. The lowest BCUT2D eigenvalue weighted by Gasteiger charge is -2.34. The predicted octanol–water partition coefficient (Wildman–Crippen LogP) is 2.92. The largest absolute Gasteiger partial charge is 0.495 e. The van der Waals surface area contributed by atoms with E-state index in [2.05, 4.69) is 13.8 Å². The van der Waals surface area contributed by atoms with Crippen LogP contribution in [0.2, 0.25) is 0 Å². The first-order valence-corrected chi connectivity index (χ1v) is 12.8. The van der Waals surface area contributed by atoms with Crippen molar-refractivity contribution in [1.82, 2.24) is 9.21 Å². The Morgan fingerprint density at radius 1 is 1.03 bits per heavy atom. The Morgan fingerprint density at radius 3 is 2.25 bits per heavy atom. The summed E-state index contributed by atoms with van der Waals surface area (Å²) in [7, 11) is -2.42. The molecule has 3 rings (SSSR count). The van der Waals surface area contributed by atoms with E-state index in [9.17, 15) is 18.0 Å². The maximum absolute atomic E-state index is 13.3. The van der Waals surface area contributed by atoms with Crippen molar-refractivity contribution in [2.75, 3.05) is 39.9 Å². The molecule has 1 amide bonds. The summed E-state index contributed by atoms with van der Waals surface area (Å²) in [6.45, 7) is 6.04. The molecule has 2 atom stereocenters. The second-order valence-corrected chi connectivity index (χ2v) is 10.9. The third-order valence-electron chi connectivity index (χ3n) is 6.13. The summed E-state index contributed by atoms with van der Waals surface area (Å²) in [5.74, 6) is 0.0331. The summed E-state index contributed by atoms with van der Waals surface area (Å²) in [5, 5.41) is 0.